The van der Waals surface area contributed by atoms with Gasteiger partial charge in [-0.2, -0.15) is 0 Å². The predicted molar refractivity (Wildman–Crippen MR) is 90.4 cm³/mol. The van der Waals surface area contributed by atoms with Gasteiger partial charge in [-0.15, -0.1) is 12.4 Å². The highest BCUT2D eigenvalue weighted by Gasteiger charge is 2.48. The second-order valence-corrected chi connectivity index (χ2v) is 6.37. The zero-order valence-corrected chi connectivity index (χ0v) is 14.0. The minimum absolute atomic E-state index is 0. The molecule has 3 atom stereocenters. The van der Waals surface area contributed by atoms with Gasteiger partial charge in [0, 0.05) is 6.04 Å². The van der Waals surface area contributed by atoms with Crippen LogP contribution in [0, 0.1) is 5.92 Å². The van der Waals surface area contributed by atoms with Crippen molar-refractivity contribution in [3.8, 4) is 0 Å². The van der Waals surface area contributed by atoms with Crippen molar-refractivity contribution in [3.63, 3.8) is 0 Å². The molecule has 3 nitrogen and oxygen atoms in total. The maximum absolute atomic E-state index is 12.8. The summed E-state index contributed by atoms with van der Waals surface area (Å²) in [5.41, 5.74) is 0.699. The van der Waals surface area contributed by atoms with E-state index in [9.17, 15) is 4.79 Å². The van der Waals surface area contributed by atoms with Crippen LogP contribution in [0.15, 0.2) is 30.3 Å². The number of carbonyl (C=O) groups excluding carboxylic acids is 1. The fourth-order valence-electron chi connectivity index (χ4n) is 4.15. The van der Waals surface area contributed by atoms with Crippen molar-refractivity contribution < 1.29 is 9.53 Å². The van der Waals surface area contributed by atoms with Gasteiger partial charge in [0.15, 0.2) is 0 Å². The number of piperidine rings is 1. The van der Waals surface area contributed by atoms with Gasteiger partial charge in [-0.25, -0.2) is 0 Å². The second-order valence-electron chi connectivity index (χ2n) is 6.37. The number of halogens is 1. The quantitative estimate of drug-likeness (QED) is 0.866. The fraction of sp³-hybridized carbons (Fsp3) is 0.611. The van der Waals surface area contributed by atoms with E-state index in [0.29, 0.717) is 18.6 Å². The molecule has 0 bridgehead atoms. The SMILES string of the molecule is CCOC(=O)C1(c2ccccc2)CC[C@H]2NCCC[C@@H]2C1.Cl. The molecule has 1 aromatic carbocycles. The van der Waals surface area contributed by atoms with Crippen LogP contribution in [0.1, 0.15) is 44.6 Å². The summed E-state index contributed by atoms with van der Waals surface area (Å²) < 4.78 is 5.46. The highest BCUT2D eigenvalue weighted by molar-refractivity contribution is 5.85. The summed E-state index contributed by atoms with van der Waals surface area (Å²) in [4.78, 5) is 12.8. The molecule has 1 N–H and O–H groups in total. The van der Waals surface area contributed by atoms with Gasteiger partial charge in [0.2, 0.25) is 0 Å². The van der Waals surface area contributed by atoms with Gasteiger partial charge in [0.05, 0.1) is 12.0 Å². The molecule has 3 rings (SSSR count). The van der Waals surface area contributed by atoms with E-state index in [0.717, 1.165) is 31.4 Å². The van der Waals surface area contributed by atoms with Crippen LogP contribution in [0.25, 0.3) is 0 Å². The Kier molecular flexibility index (Phi) is 5.87. The number of fused-ring (bicyclic) bond motifs is 1. The minimum atomic E-state index is -0.433. The van der Waals surface area contributed by atoms with E-state index in [1.165, 1.54) is 12.8 Å². The fourth-order valence-corrected chi connectivity index (χ4v) is 4.15. The van der Waals surface area contributed by atoms with E-state index in [1.54, 1.807) is 0 Å². The zero-order chi connectivity index (χ0) is 14.7. The number of hydrogen-bond acceptors (Lipinski definition) is 3. The number of ether oxygens (including phenoxy) is 1. The standard InChI is InChI=1S/C18H25NO2.ClH/c1-2-21-17(20)18(15-8-4-3-5-9-15)11-10-16-14(13-18)7-6-12-19-16;/h3-5,8-9,14,16,19H,2,6-7,10-13H2,1H3;1H/t14-,16-,18?;/m1./s1. The van der Waals surface area contributed by atoms with Crippen LogP contribution in [0.4, 0.5) is 0 Å². The predicted octanol–water partition coefficient (Wildman–Crippen LogP) is 3.46. The molecule has 0 spiro atoms. The summed E-state index contributed by atoms with van der Waals surface area (Å²) in [7, 11) is 0. The van der Waals surface area contributed by atoms with Crippen LogP contribution < -0.4 is 5.32 Å². The Morgan fingerprint density at radius 3 is 2.82 bits per heavy atom. The Morgan fingerprint density at radius 1 is 1.32 bits per heavy atom. The molecule has 1 aliphatic carbocycles. The van der Waals surface area contributed by atoms with Crippen molar-refractivity contribution in [3.05, 3.63) is 35.9 Å². The van der Waals surface area contributed by atoms with Crippen molar-refractivity contribution in [1.82, 2.24) is 5.32 Å². The van der Waals surface area contributed by atoms with Gasteiger partial charge in [0.25, 0.3) is 0 Å². The number of nitrogens with one attached hydrogen (secondary N) is 1. The Hall–Kier alpha value is -1.06. The monoisotopic (exact) mass is 323 g/mol. The highest BCUT2D eigenvalue weighted by Crippen LogP contribution is 2.45. The molecule has 1 saturated carbocycles. The lowest BCUT2D eigenvalue weighted by Crippen LogP contribution is -2.52. The molecule has 22 heavy (non-hydrogen) atoms. The maximum atomic E-state index is 12.8. The average Bonchev–Trinajstić information content (AvgIpc) is 2.55. The Morgan fingerprint density at radius 2 is 2.09 bits per heavy atom. The van der Waals surface area contributed by atoms with Crippen molar-refractivity contribution in [1.29, 1.82) is 0 Å². The van der Waals surface area contributed by atoms with E-state index in [2.05, 4.69) is 17.4 Å². The Labute approximate surface area is 139 Å². The van der Waals surface area contributed by atoms with E-state index >= 15 is 0 Å². The molecule has 122 valence electrons. The minimum Gasteiger partial charge on any atom is -0.465 e. The lowest BCUT2D eigenvalue weighted by molar-refractivity contribution is -0.153. The third-order valence-corrected chi connectivity index (χ3v) is 5.21. The molecule has 1 heterocycles. The lowest BCUT2D eigenvalue weighted by atomic mass is 9.62. The third-order valence-electron chi connectivity index (χ3n) is 5.21. The number of benzene rings is 1. The topological polar surface area (TPSA) is 38.3 Å². The van der Waals surface area contributed by atoms with Crippen LogP contribution in [0.3, 0.4) is 0 Å². The van der Waals surface area contributed by atoms with Crippen LogP contribution >= 0.6 is 12.4 Å². The van der Waals surface area contributed by atoms with Crippen LogP contribution in [-0.4, -0.2) is 25.2 Å². The van der Waals surface area contributed by atoms with Gasteiger partial charge in [-0.1, -0.05) is 30.3 Å². The first kappa shape index (κ1) is 17.3. The maximum Gasteiger partial charge on any atom is 0.316 e. The van der Waals surface area contributed by atoms with Crippen molar-refractivity contribution in [2.75, 3.05) is 13.2 Å². The van der Waals surface area contributed by atoms with Crippen LogP contribution in [-0.2, 0) is 14.9 Å². The number of rotatable bonds is 3. The summed E-state index contributed by atoms with van der Waals surface area (Å²) in [6.07, 6.45) is 5.33. The van der Waals surface area contributed by atoms with Gasteiger partial charge in [-0.3, -0.25) is 4.79 Å². The number of hydrogen-bond donors (Lipinski definition) is 1. The van der Waals surface area contributed by atoms with Crippen LogP contribution in [0.5, 0.6) is 0 Å². The van der Waals surface area contributed by atoms with Gasteiger partial charge >= 0.3 is 5.97 Å². The molecule has 1 saturated heterocycles. The molecule has 2 fully saturated rings. The summed E-state index contributed by atoms with van der Waals surface area (Å²) in [6, 6.07) is 10.8. The summed E-state index contributed by atoms with van der Waals surface area (Å²) in [6.45, 7) is 3.48. The van der Waals surface area contributed by atoms with Crippen LogP contribution in [0.2, 0.25) is 0 Å². The summed E-state index contributed by atoms with van der Waals surface area (Å²) in [5.74, 6) is 0.567. The molecule has 2 aliphatic rings. The van der Waals surface area contributed by atoms with Crippen molar-refractivity contribution in [2.24, 2.45) is 5.92 Å². The Balaban J connectivity index is 0.00000176. The molecule has 0 amide bonds. The van der Waals surface area contributed by atoms with Gasteiger partial charge in [-0.05, 0) is 57.1 Å². The van der Waals surface area contributed by atoms with E-state index in [4.69, 9.17) is 4.74 Å². The average molecular weight is 324 g/mol. The highest BCUT2D eigenvalue weighted by atomic mass is 35.5. The molecule has 4 heteroatoms. The number of esters is 1. The molecular formula is C18H26ClNO2. The van der Waals surface area contributed by atoms with Gasteiger partial charge in [0.1, 0.15) is 0 Å². The van der Waals surface area contributed by atoms with E-state index in [-0.39, 0.29) is 18.4 Å². The molecule has 0 radical (unpaired) electrons. The van der Waals surface area contributed by atoms with E-state index < -0.39 is 5.41 Å². The molecular weight excluding hydrogens is 298 g/mol. The number of carbonyl (C=O) groups is 1. The first-order valence-electron chi connectivity index (χ1n) is 8.22. The van der Waals surface area contributed by atoms with E-state index in [1.807, 2.05) is 25.1 Å². The summed E-state index contributed by atoms with van der Waals surface area (Å²) >= 11 is 0. The lowest BCUT2D eigenvalue weighted by Gasteiger charge is -2.45. The smallest absolute Gasteiger partial charge is 0.316 e. The first-order chi connectivity index (χ1) is 10.3. The molecule has 0 aromatic heterocycles. The van der Waals surface area contributed by atoms with Crippen molar-refractivity contribution in [2.45, 2.75) is 50.5 Å². The molecule has 1 aliphatic heterocycles. The largest absolute Gasteiger partial charge is 0.465 e. The van der Waals surface area contributed by atoms with Crippen molar-refractivity contribution >= 4 is 18.4 Å². The first-order valence-corrected chi connectivity index (χ1v) is 8.22. The normalized spacial score (nSPS) is 30.8. The van der Waals surface area contributed by atoms with Gasteiger partial charge < -0.3 is 10.1 Å². The molecule has 1 unspecified atom stereocenters. The zero-order valence-electron chi connectivity index (χ0n) is 13.2. The summed E-state index contributed by atoms with van der Waals surface area (Å²) in [5, 5.41) is 3.63. The second kappa shape index (κ2) is 7.47. The molecule has 1 aromatic rings. The Bertz CT molecular complexity index is 493. The third kappa shape index (κ3) is 3.16.